The van der Waals surface area contributed by atoms with Gasteiger partial charge in [-0.25, -0.2) is 14.8 Å². The van der Waals surface area contributed by atoms with Crippen molar-refractivity contribution in [1.82, 2.24) is 14.5 Å². The normalized spacial score (nSPS) is 14.5. The second-order valence-electron chi connectivity index (χ2n) is 6.27. The molecule has 1 fully saturated rings. The number of nitrogens with one attached hydrogen (secondary N) is 1. The van der Waals surface area contributed by atoms with Crippen LogP contribution >= 0.6 is 0 Å². The fourth-order valence-corrected chi connectivity index (χ4v) is 3.23. The summed E-state index contributed by atoms with van der Waals surface area (Å²) in [4.78, 5) is 32.8. The van der Waals surface area contributed by atoms with Crippen LogP contribution < -0.4 is 10.9 Å². The predicted octanol–water partition coefficient (Wildman–Crippen LogP) is 3.27. The quantitative estimate of drug-likeness (QED) is 0.783. The molecule has 4 rings (SSSR count). The monoisotopic (exact) mass is 350 g/mol. The van der Waals surface area contributed by atoms with Crippen molar-refractivity contribution in [2.45, 2.75) is 31.8 Å². The molecule has 1 N–H and O–H groups in total. The van der Waals surface area contributed by atoms with Crippen molar-refractivity contribution >= 4 is 22.9 Å². The van der Waals surface area contributed by atoms with Gasteiger partial charge in [0.05, 0.1) is 11.9 Å². The van der Waals surface area contributed by atoms with Crippen molar-refractivity contribution in [2.75, 3.05) is 5.32 Å². The molecule has 1 aromatic carbocycles. The molecule has 1 saturated carbocycles. The molecule has 2 heterocycles. The van der Waals surface area contributed by atoms with E-state index in [0.717, 1.165) is 25.7 Å². The molecule has 7 nitrogen and oxygen atoms in total. The van der Waals surface area contributed by atoms with Gasteiger partial charge < -0.3 is 4.74 Å². The zero-order chi connectivity index (χ0) is 17.9. The summed E-state index contributed by atoms with van der Waals surface area (Å²) in [5.74, 6) is 0. The molecule has 0 radical (unpaired) electrons. The molecular weight excluding hydrogens is 332 g/mol. The van der Waals surface area contributed by atoms with E-state index in [0.29, 0.717) is 22.5 Å². The van der Waals surface area contributed by atoms with Crippen LogP contribution in [0.2, 0.25) is 0 Å². The lowest BCUT2D eigenvalue weighted by Gasteiger charge is -2.13. The number of aromatic nitrogens is 3. The van der Waals surface area contributed by atoms with Crippen molar-refractivity contribution < 1.29 is 9.53 Å². The molecule has 0 unspecified atom stereocenters. The molecule has 1 aliphatic carbocycles. The second-order valence-corrected chi connectivity index (χ2v) is 6.27. The maximum absolute atomic E-state index is 12.3. The molecule has 0 bridgehead atoms. The maximum atomic E-state index is 12.3. The van der Waals surface area contributed by atoms with Gasteiger partial charge in [-0.05, 0) is 56.0 Å². The third-order valence-corrected chi connectivity index (χ3v) is 4.44. The highest BCUT2D eigenvalue weighted by Gasteiger charge is 2.19. The minimum absolute atomic E-state index is 0.00542. The van der Waals surface area contributed by atoms with Gasteiger partial charge in [0, 0.05) is 11.9 Å². The topological polar surface area (TPSA) is 86.1 Å². The lowest BCUT2D eigenvalue weighted by Crippen LogP contribution is -2.21. The molecule has 2 aromatic heterocycles. The standard InChI is InChI=1S/C19H18N4O3/c24-17-12-21-16-9-4-10-20-18(16)23(17)14-6-3-5-13(11-14)22-19(25)26-15-7-1-2-8-15/h3-6,9-12,15H,1-2,7-8H2,(H,22,25). The van der Waals surface area contributed by atoms with Crippen LogP contribution in [0, 0.1) is 0 Å². The Morgan fingerprint density at radius 1 is 1.15 bits per heavy atom. The number of ether oxygens (including phenoxy) is 1. The van der Waals surface area contributed by atoms with E-state index < -0.39 is 6.09 Å². The number of rotatable bonds is 3. The second kappa shape index (κ2) is 6.95. The van der Waals surface area contributed by atoms with Crippen LogP contribution in [0.1, 0.15) is 25.7 Å². The average Bonchev–Trinajstić information content (AvgIpc) is 3.14. The first-order valence-corrected chi connectivity index (χ1v) is 8.61. The van der Waals surface area contributed by atoms with Gasteiger partial charge in [-0.1, -0.05) is 6.07 Å². The summed E-state index contributed by atoms with van der Waals surface area (Å²) >= 11 is 0. The Labute approximate surface area is 149 Å². The van der Waals surface area contributed by atoms with Crippen LogP contribution in [0.5, 0.6) is 0 Å². The molecule has 3 aromatic rings. The van der Waals surface area contributed by atoms with E-state index in [9.17, 15) is 9.59 Å². The lowest BCUT2D eigenvalue weighted by atomic mass is 10.2. The number of amides is 1. The first-order chi connectivity index (χ1) is 12.7. The summed E-state index contributed by atoms with van der Waals surface area (Å²) in [6.07, 6.45) is 6.42. The summed E-state index contributed by atoms with van der Waals surface area (Å²) in [5.41, 5.74) is 1.94. The van der Waals surface area contributed by atoms with Crippen LogP contribution in [0.25, 0.3) is 16.9 Å². The van der Waals surface area contributed by atoms with Crippen LogP contribution in [0.3, 0.4) is 0 Å². The average molecular weight is 350 g/mol. The Kier molecular flexibility index (Phi) is 4.35. The summed E-state index contributed by atoms with van der Waals surface area (Å²) in [6, 6.07) is 10.6. The zero-order valence-electron chi connectivity index (χ0n) is 14.1. The molecule has 0 spiro atoms. The van der Waals surface area contributed by atoms with Gasteiger partial charge >= 0.3 is 6.09 Å². The number of hydrogen-bond donors (Lipinski definition) is 1. The van der Waals surface area contributed by atoms with Crippen molar-refractivity contribution in [3.63, 3.8) is 0 Å². The first kappa shape index (κ1) is 16.3. The molecule has 26 heavy (non-hydrogen) atoms. The van der Waals surface area contributed by atoms with E-state index in [1.807, 2.05) is 0 Å². The molecule has 132 valence electrons. The van der Waals surface area contributed by atoms with Gasteiger partial charge in [-0.2, -0.15) is 0 Å². The highest BCUT2D eigenvalue weighted by atomic mass is 16.6. The van der Waals surface area contributed by atoms with Crippen LogP contribution in [0.15, 0.2) is 53.6 Å². The van der Waals surface area contributed by atoms with E-state index >= 15 is 0 Å². The van der Waals surface area contributed by atoms with Crippen molar-refractivity contribution in [3.8, 4) is 5.69 Å². The van der Waals surface area contributed by atoms with Crippen molar-refractivity contribution in [2.24, 2.45) is 0 Å². The lowest BCUT2D eigenvalue weighted by molar-refractivity contribution is 0.114. The SMILES string of the molecule is O=C(Nc1cccc(-n2c(=O)cnc3cccnc32)c1)OC1CCCC1. The van der Waals surface area contributed by atoms with E-state index in [4.69, 9.17) is 4.74 Å². The van der Waals surface area contributed by atoms with E-state index in [1.54, 1.807) is 42.6 Å². The van der Waals surface area contributed by atoms with Crippen LogP contribution in [-0.4, -0.2) is 26.7 Å². The third-order valence-electron chi connectivity index (χ3n) is 4.44. The third kappa shape index (κ3) is 3.28. The maximum Gasteiger partial charge on any atom is 0.411 e. The van der Waals surface area contributed by atoms with Crippen LogP contribution in [-0.2, 0) is 4.74 Å². The highest BCUT2D eigenvalue weighted by Crippen LogP contribution is 2.22. The van der Waals surface area contributed by atoms with Gasteiger partial charge in [0.2, 0.25) is 0 Å². The molecule has 0 saturated heterocycles. The van der Waals surface area contributed by atoms with Crippen molar-refractivity contribution in [1.29, 1.82) is 0 Å². The van der Waals surface area contributed by atoms with E-state index in [1.165, 1.54) is 10.8 Å². The fourth-order valence-electron chi connectivity index (χ4n) is 3.23. The van der Waals surface area contributed by atoms with Crippen LogP contribution in [0.4, 0.5) is 10.5 Å². The Bertz CT molecular complexity index is 1010. The Hall–Kier alpha value is -3.22. The Balaban J connectivity index is 1.63. The zero-order valence-corrected chi connectivity index (χ0v) is 14.1. The fraction of sp³-hybridized carbons (Fsp3) is 0.263. The number of anilines is 1. The minimum atomic E-state index is -0.473. The summed E-state index contributed by atoms with van der Waals surface area (Å²) in [5, 5.41) is 2.73. The number of pyridine rings is 1. The minimum Gasteiger partial charge on any atom is -0.446 e. The first-order valence-electron chi connectivity index (χ1n) is 8.61. The van der Waals surface area contributed by atoms with Gasteiger partial charge in [0.15, 0.2) is 5.65 Å². The number of fused-ring (bicyclic) bond motifs is 1. The number of carbonyl (C=O) groups excluding carboxylic acids is 1. The summed E-state index contributed by atoms with van der Waals surface area (Å²) < 4.78 is 6.88. The molecular formula is C19H18N4O3. The molecule has 0 aliphatic heterocycles. The summed E-state index contributed by atoms with van der Waals surface area (Å²) in [6.45, 7) is 0. The molecule has 1 aliphatic rings. The van der Waals surface area contributed by atoms with Gasteiger partial charge in [-0.15, -0.1) is 0 Å². The molecule has 0 atom stereocenters. The number of hydrogen-bond acceptors (Lipinski definition) is 5. The summed E-state index contributed by atoms with van der Waals surface area (Å²) in [7, 11) is 0. The van der Waals surface area contributed by atoms with E-state index in [-0.39, 0.29) is 11.7 Å². The smallest absolute Gasteiger partial charge is 0.411 e. The van der Waals surface area contributed by atoms with Gasteiger partial charge in [0.25, 0.3) is 5.56 Å². The Morgan fingerprint density at radius 2 is 2.00 bits per heavy atom. The number of nitrogens with zero attached hydrogens (tertiary/aromatic N) is 3. The van der Waals surface area contributed by atoms with Gasteiger partial charge in [0.1, 0.15) is 11.6 Å². The largest absolute Gasteiger partial charge is 0.446 e. The number of carbonyl (C=O) groups is 1. The highest BCUT2D eigenvalue weighted by molar-refractivity contribution is 5.85. The van der Waals surface area contributed by atoms with E-state index in [2.05, 4.69) is 15.3 Å². The number of benzene rings is 1. The predicted molar refractivity (Wildman–Crippen MR) is 97.5 cm³/mol. The Morgan fingerprint density at radius 3 is 2.85 bits per heavy atom. The van der Waals surface area contributed by atoms with Gasteiger partial charge in [-0.3, -0.25) is 14.7 Å². The molecule has 1 amide bonds. The molecule has 7 heteroatoms. The van der Waals surface area contributed by atoms with Crippen molar-refractivity contribution in [3.05, 3.63) is 59.1 Å².